The molecular formula is C11H18N2O4S2. The van der Waals surface area contributed by atoms with Crippen LogP contribution in [0.3, 0.4) is 0 Å². The lowest BCUT2D eigenvalue weighted by molar-refractivity contribution is 0.00860. The first kappa shape index (κ1) is 14.7. The molecule has 0 radical (unpaired) electrons. The van der Waals surface area contributed by atoms with Crippen molar-refractivity contribution >= 4 is 21.4 Å². The topological polar surface area (TPSA) is 79.5 Å². The normalized spacial score (nSPS) is 20.9. The van der Waals surface area contributed by atoms with Gasteiger partial charge in [0.2, 0.25) is 0 Å². The Hall–Kier alpha value is -0.700. The first-order chi connectivity index (χ1) is 8.91. The van der Waals surface area contributed by atoms with Gasteiger partial charge in [0.15, 0.2) is 4.21 Å². The first-order valence-electron chi connectivity index (χ1n) is 6.19. The molecule has 19 heavy (non-hydrogen) atoms. The third-order valence-electron chi connectivity index (χ3n) is 3.16. The molecule has 0 aliphatic carbocycles. The van der Waals surface area contributed by atoms with E-state index in [1.54, 1.807) is 6.92 Å². The Labute approximate surface area is 116 Å². The second-order valence-electron chi connectivity index (χ2n) is 4.70. The molecule has 1 aliphatic heterocycles. The monoisotopic (exact) mass is 306 g/mol. The lowest BCUT2D eigenvalue weighted by Crippen LogP contribution is -2.37. The van der Waals surface area contributed by atoms with Crippen LogP contribution in [0.4, 0.5) is 0 Å². The zero-order valence-corrected chi connectivity index (χ0v) is 12.6. The number of H-pyrrole nitrogens is 1. The summed E-state index contributed by atoms with van der Waals surface area (Å²) in [7, 11) is -2.08. The molecule has 0 amide bonds. The van der Waals surface area contributed by atoms with Gasteiger partial charge in [0.05, 0.1) is 6.10 Å². The highest BCUT2D eigenvalue weighted by molar-refractivity contribution is 7.91. The summed E-state index contributed by atoms with van der Waals surface area (Å²) in [6.45, 7) is 2.61. The number of aromatic amines is 1. The molecule has 2 rings (SSSR count). The molecule has 1 aliphatic rings. The minimum Gasteiger partial charge on any atom is -0.377 e. The molecular weight excluding hydrogens is 288 g/mol. The third kappa shape index (κ3) is 3.25. The van der Waals surface area contributed by atoms with Gasteiger partial charge < -0.3 is 9.72 Å². The van der Waals surface area contributed by atoms with Gasteiger partial charge in [0.1, 0.15) is 0 Å². The maximum absolute atomic E-state index is 12.4. The summed E-state index contributed by atoms with van der Waals surface area (Å²) in [4.78, 5) is 13.4. The van der Waals surface area contributed by atoms with Crippen molar-refractivity contribution in [3.63, 3.8) is 0 Å². The molecule has 108 valence electrons. The summed E-state index contributed by atoms with van der Waals surface area (Å²) < 4.78 is 31.6. The number of likely N-dealkylation sites (N-methyl/N-ethyl adjacent to an activating group) is 1. The van der Waals surface area contributed by atoms with Crippen molar-refractivity contribution < 1.29 is 13.2 Å². The van der Waals surface area contributed by atoms with Gasteiger partial charge in [-0.05, 0) is 26.2 Å². The molecule has 1 aromatic heterocycles. The zero-order valence-electron chi connectivity index (χ0n) is 11.0. The predicted octanol–water partition coefficient (Wildman–Crippen LogP) is 0.934. The Morgan fingerprint density at radius 2 is 2.21 bits per heavy atom. The van der Waals surface area contributed by atoms with Crippen molar-refractivity contribution in [2.24, 2.45) is 0 Å². The number of nitrogens with zero attached hydrogens (tertiary/aromatic N) is 1. The quantitative estimate of drug-likeness (QED) is 0.897. The molecule has 0 bridgehead atoms. The van der Waals surface area contributed by atoms with E-state index in [9.17, 15) is 13.2 Å². The Morgan fingerprint density at radius 3 is 2.74 bits per heavy atom. The average Bonchev–Trinajstić information content (AvgIpc) is 2.70. The molecule has 0 spiro atoms. The lowest BCUT2D eigenvalue weighted by Gasteiger charge is -2.26. The van der Waals surface area contributed by atoms with Crippen molar-refractivity contribution in [2.75, 3.05) is 20.2 Å². The van der Waals surface area contributed by atoms with Crippen LogP contribution in [-0.2, 0) is 14.8 Å². The number of rotatable bonds is 4. The molecule has 1 N–H and O–H groups in total. The second kappa shape index (κ2) is 5.74. The van der Waals surface area contributed by atoms with Crippen molar-refractivity contribution in [1.82, 2.24) is 9.29 Å². The fraction of sp³-hybridized carbons (Fsp3) is 0.727. The Bertz CT molecular complexity index is 584. The van der Waals surface area contributed by atoms with E-state index in [1.165, 1.54) is 11.4 Å². The third-order valence-corrected chi connectivity index (χ3v) is 6.57. The van der Waals surface area contributed by atoms with Gasteiger partial charge in [-0.15, -0.1) is 0 Å². The van der Waals surface area contributed by atoms with E-state index in [4.69, 9.17) is 4.74 Å². The molecule has 2 heterocycles. The van der Waals surface area contributed by atoms with Crippen LogP contribution >= 0.6 is 11.3 Å². The summed E-state index contributed by atoms with van der Waals surface area (Å²) in [5.74, 6) is 0. The van der Waals surface area contributed by atoms with E-state index in [-0.39, 0.29) is 15.2 Å². The highest BCUT2D eigenvalue weighted by atomic mass is 32.2. The van der Waals surface area contributed by atoms with Gasteiger partial charge in [0.25, 0.3) is 10.0 Å². The van der Waals surface area contributed by atoms with E-state index in [0.717, 1.165) is 30.6 Å². The van der Waals surface area contributed by atoms with Gasteiger partial charge in [-0.1, -0.05) is 11.3 Å². The Kier molecular flexibility index (Phi) is 4.44. The molecule has 1 fully saturated rings. The second-order valence-corrected chi connectivity index (χ2v) is 7.92. The van der Waals surface area contributed by atoms with Gasteiger partial charge in [-0.25, -0.2) is 8.42 Å². The Morgan fingerprint density at radius 1 is 1.47 bits per heavy atom. The van der Waals surface area contributed by atoms with Crippen LogP contribution in [0.5, 0.6) is 0 Å². The molecule has 0 aromatic carbocycles. The van der Waals surface area contributed by atoms with E-state index < -0.39 is 10.0 Å². The number of ether oxygens (including phenoxy) is 1. The van der Waals surface area contributed by atoms with Gasteiger partial charge >= 0.3 is 4.87 Å². The van der Waals surface area contributed by atoms with Gasteiger partial charge in [-0.3, -0.25) is 4.79 Å². The highest BCUT2D eigenvalue weighted by Gasteiger charge is 2.28. The standard InChI is InChI=1S/C11H18N2O4S2/c1-8-10(18-11(14)12-8)19(15,16)13(2)7-9-5-3-4-6-17-9/h9H,3-7H2,1-2H3,(H,12,14). The maximum Gasteiger partial charge on any atom is 0.305 e. The van der Waals surface area contributed by atoms with Gasteiger partial charge in [-0.2, -0.15) is 4.31 Å². The summed E-state index contributed by atoms with van der Waals surface area (Å²) in [5, 5.41) is 0. The molecule has 1 aromatic rings. The summed E-state index contributed by atoms with van der Waals surface area (Å²) in [6, 6.07) is 0. The summed E-state index contributed by atoms with van der Waals surface area (Å²) in [6.07, 6.45) is 2.92. The number of sulfonamides is 1. The van der Waals surface area contributed by atoms with Gasteiger partial charge in [0, 0.05) is 25.9 Å². The van der Waals surface area contributed by atoms with Crippen LogP contribution < -0.4 is 4.87 Å². The first-order valence-corrected chi connectivity index (χ1v) is 8.44. The average molecular weight is 306 g/mol. The molecule has 1 unspecified atom stereocenters. The largest absolute Gasteiger partial charge is 0.377 e. The maximum atomic E-state index is 12.4. The van der Waals surface area contributed by atoms with E-state index in [0.29, 0.717) is 18.8 Å². The molecule has 6 nitrogen and oxygen atoms in total. The van der Waals surface area contributed by atoms with E-state index in [1.807, 2.05) is 0 Å². The van der Waals surface area contributed by atoms with Crippen LogP contribution in [0.1, 0.15) is 25.0 Å². The van der Waals surface area contributed by atoms with E-state index in [2.05, 4.69) is 4.98 Å². The molecule has 1 saturated heterocycles. The smallest absolute Gasteiger partial charge is 0.305 e. The minimum absolute atomic E-state index is 0.0514. The summed E-state index contributed by atoms with van der Waals surface area (Å²) in [5.41, 5.74) is 0.395. The molecule has 0 saturated carbocycles. The van der Waals surface area contributed by atoms with Crippen LogP contribution in [0, 0.1) is 6.92 Å². The number of thiazole rings is 1. The lowest BCUT2D eigenvalue weighted by atomic mass is 10.1. The van der Waals surface area contributed by atoms with Crippen molar-refractivity contribution in [2.45, 2.75) is 36.5 Å². The zero-order chi connectivity index (χ0) is 14.0. The number of hydrogen-bond acceptors (Lipinski definition) is 5. The SMILES string of the molecule is Cc1[nH]c(=O)sc1S(=O)(=O)N(C)CC1CCCCO1. The number of aromatic nitrogens is 1. The number of hydrogen-bond donors (Lipinski definition) is 1. The van der Waals surface area contributed by atoms with Crippen LogP contribution in [0.2, 0.25) is 0 Å². The number of aryl methyl sites for hydroxylation is 1. The van der Waals surface area contributed by atoms with Crippen LogP contribution in [0.25, 0.3) is 0 Å². The highest BCUT2D eigenvalue weighted by Crippen LogP contribution is 2.22. The minimum atomic E-state index is -3.61. The predicted molar refractivity (Wildman–Crippen MR) is 73.1 cm³/mol. The van der Waals surface area contributed by atoms with E-state index >= 15 is 0 Å². The van der Waals surface area contributed by atoms with Crippen molar-refractivity contribution in [1.29, 1.82) is 0 Å². The van der Waals surface area contributed by atoms with Crippen LogP contribution in [0.15, 0.2) is 9.00 Å². The molecule has 8 heteroatoms. The van der Waals surface area contributed by atoms with Crippen LogP contribution in [-0.4, -0.2) is 44.0 Å². The summed E-state index contributed by atoms with van der Waals surface area (Å²) >= 11 is 0.730. The van der Waals surface area contributed by atoms with Crippen molar-refractivity contribution in [3.05, 3.63) is 15.4 Å². The van der Waals surface area contributed by atoms with Crippen molar-refractivity contribution in [3.8, 4) is 0 Å². The fourth-order valence-corrected chi connectivity index (χ4v) is 4.80. The Balaban J connectivity index is 2.14. The number of nitrogens with one attached hydrogen (secondary N) is 1. The fourth-order valence-electron chi connectivity index (χ4n) is 2.11. The molecule has 1 atom stereocenters.